The van der Waals surface area contributed by atoms with Gasteiger partial charge in [-0.15, -0.1) is 0 Å². The summed E-state index contributed by atoms with van der Waals surface area (Å²) < 4.78 is 3.45. The van der Waals surface area contributed by atoms with E-state index in [1.54, 1.807) is 27.5 Å². The predicted octanol–water partition coefficient (Wildman–Crippen LogP) is 1.59. The molecule has 0 atom stereocenters. The van der Waals surface area contributed by atoms with Crippen LogP contribution in [0.3, 0.4) is 0 Å². The summed E-state index contributed by atoms with van der Waals surface area (Å²) in [4.78, 5) is 19.1. The van der Waals surface area contributed by atoms with Gasteiger partial charge in [-0.1, -0.05) is 0 Å². The molecule has 0 N–H and O–H groups in total. The Morgan fingerprint density at radius 1 is 1.30 bits per heavy atom. The lowest BCUT2D eigenvalue weighted by Crippen LogP contribution is -2.26. The first kappa shape index (κ1) is 15.2. The molecule has 3 aromatic rings. The van der Waals surface area contributed by atoms with Gasteiger partial charge in [0.1, 0.15) is 0 Å². The molecule has 0 aromatic carbocycles. The smallest absolute Gasteiger partial charge is 0.254 e. The molecule has 0 aliphatic heterocycles. The Hall–Kier alpha value is -2.70. The Balaban J connectivity index is 2.00. The summed E-state index contributed by atoms with van der Waals surface area (Å²) in [5.74, 6) is -0.0412. The highest BCUT2D eigenvalue weighted by atomic mass is 16.2. The van der Waals surface area contributed by atoms with Crippen molar-refractivity contribution in [2.75, 3.05) is 7.05 Å². The third kappa shape index (κ3) is 2.69. The number of carbonyl (C=O) groups is 1. The Bertz CT molecular complexity index is 891. The third-order valence-electron chi connectivity index (χ3n) is 3.85. The van der Waals surface area contributed by atoms with Crippen LogP contribution in [0.25, 0.3) is 11.0 Å². The number of nitrogens with zero attached hydrogens (tertiary/aromatic N) is 6. The molecule has 1 amide bonds. The average Bonchev–Trinajstić information content (AvgIpc) is 3.01. The first-order chi connectivity index (χ1) is 10.9. The van der Waals surface area contributed by atoms with Crippen molar-refractivity contribution >= 4 is 16.9 Å². The second kappa shape index (κ2) is 5.49. The molecular weight excluding hydrogens is 292 g/mol. The Morgan fingerprint density at radius 3 is 2.70 bits per heavy atom. The molecule has 0 radical (unpaired) electrons. The maximum Gasteiger partial charge on any atom is 0.254 e. The standard InChI is InChI=1S/C16H20N6O/c1-10-6-13(14-11(2)19-22(5)15(14)18-10)16(23)20(3)8-12-7-17-21(4)9-12/h6-7,9H,8H2,1-5H3. The van der Waals surface area contributed by atoms with Crippen LogP contribution in [0.4, 0.5) is 0 Å². The van der Waals surface area contributed by atoms with Gasteiger partial charge in [0.25, 0.3) is 5.91 Å². The molecule has 0 aliphatic rings. The van der Waals surface area contributed by atoms with Crippen LogP contribution in [0.1, 0.15) is 27.3 Å². The summed E-state index contributed by atoms with van der Waals surface area (Å²) in [6.45, 7) is 4.30. The topological polar surface area (TPSA) is 68.8 Å². The van der Waals surface area contributed by atoms with Gasteiger partial charge in [-0.3, -0.25) is 14.2 Å². The van der Waals surface area contributed by atoms with E-state index in [1.165, 1.54) is 0 Å². The van der Waals surface area contributed by atoms with Crippen LogP contribution in [0.2, 0.25) is 0 Å². The number of amides is 1. The van der Waals surface area contributed by atoms with Crippen LogP contribution < -0.4 is 0 Å². The summed E-state index contributed by atoms with van der Waals surface area (Å²) in [6.07, 6.45) is 3.68. The van der Waals surface area contributed by atoms with Crippen LogP contribution in [-0.2, 0) is 20.6 Å². The minimum atomic E-state index is -0.0412. The molecular formula is C16H20N6O. The molecule has 3 rings (SSSR count). The van der Waals surface area contributed by atoms with E-state index in [-0.39, 0.29) is 5.91 Å². The molecule has 7 heteroatoms. The highest BCUT2D eigenvalue weighted by Gasteiger charge is 2.20. The summed E-state index contributed by atoms with van der Waals surface area (Å²) >= 11 is 0. The summed E-state index contributed by atoms with van der Waals surface area (Å²) in [5.41, 5.74) is 3.99. The summed E-state index contributed by atoms with van der Waals surface area (Å²) in [5, 5.41) is 9.35. The third-order valence-corrected chi connectivity index (χ3v) is 3.85. The normalized spacial score (nSPS) is 11.2. The lowest BCUT2D eigenvalue weighted by atomic mass is 10.1. The van der Waals surface area contributed by atoms with Gasteiger partial charge in [0.2, 0.25) is 0 Å². The van der Waals surface area contributed by atoms with Gasteiger partial charge in [0.05, 0.1) is 22.8 Å². The minimum absolute atomic E-state index is 0.0412. The van der Waals surface area contributed by atoms with Gasteiger partial charge in [-0.2, -0.15) is 10.2 Å². The number of aryl methyl sites for hydroxylation is 4. The van der Waals surface area contributed by atoms with E-state index in [9.17, 15) is 4.79 Å². The number of carbonyl (C=O) groups excluding carboxylic acids is 1. The van der Waals surface area contributed by atoms with E-state index in [4.69, 9.17) is 0 Å². The van der Waals surface area contributed by atoms with Crippen molar-refractivity contribution in [1.82, 2.24) is 29.4 Å². The van der Waals surface area contributed by atoms with Gasteiger partial charge in [-0.25, -0.2) is 4.98 Å². The first-order valence-electron chi connectivity index (χ1n) is 7.40. The zero-order valence-corrected chi connectivity index (χ0v) is 14.0. The fourth-order valence-corrected chi connectivity index (χ4v) is 2.84. The number of hydrogen-bond acceptors (Lipinski definition) is 4. The first-order valence-corrected chi connectivity index (χ1v) is 7.40. The predicted molar refractivity (Wildman–Crippen MR) is 87.0 cm³/mol. The molecule has 120 valence electrons. The van der Waals surface area contributed by atoms with Crippen molar-refractivity contribution in [3.8, 4) is 0 Å². The largest absolute Gasteiger partial charge is 0.337 e. The van der Waals surface area contributed by atoms with E-state index < -0.39 is 0 Å². The van der Waals surface area contributed by atoms with E-state index in [1.807, 2.05) is 40.2 Å². The van der Waals surface area contributed by atoms with Crippen molar-refractivity contribution in [2.24, 2.45) is 14.1 Å². The van der Waals surface area contributed by atoms with E-state index in [2.05, 4.69) is 15.2 Å². The SMILES string of the molecule is Cc1cc(C(=O)N(C)Cc2cnn(C)c2)c2c(C)nn(C)c2n1. The van der Waals surface area contributed by atoms with Crippen molar-refractivity contribution < 1.29 is 4.79 Å². The van der Waals surface area contributed by atoms with Crippen LogP contribution in [0.5, 0.6) is 0 Å². The molecule has 0 spiro atoms. The molecule has 0 saturated heterocycles. The van der Waals surface area contributed by atoms with Crippen molar-refractivity contribution in [3.05, 3.63) is 41.0 Å². The molecule has 3 aromatic heterocycles. The second-order valence-corrected chi connectivity index (χ2v) is 5.90. The molecule has 0 saturated carbocycles. The van der Waals surface area contributed by atoms with E-state index >= 15 is 0 Å². The molecule has 0 unspecified atom stereocenters. The molecule has 7 nitrogen and oxygen atoms in total. The minimum Gasteiger partial charge on any atom is -0.337 e. The van der Waals surface area contributed by atoms with Crippen molar-refractivity contribution in [2.45, 2.75) is 20.4 Å². The van der Waals surface area contributed by atoms with Crippen molar-refractivity contribution in [3.63, 3.8) is 0 Å². The van der Waals surface area contributed by atoms with Gasteiger partial charge in [-0.05, 0) is 19.9 Å². The molecule has 23 heavy (non-hydrogen) atoms. The molecule has 0 fully saturated rings. The maximum absolute atomic E-state index is 12.9. The lowest BCUT2D eigenvalue weighted by Gasteiger charge is -2.17. The number of hydrogen-bond donors (Lipinski definition) is 0. The Morgan fingerprint density at radius 2 is 2.04 bits per heavy atom. The monoisotopic (exact) mass is 312 g/mol. The van der Waals surface area contributed by atoms with Gasteiger partial charge < -0.3 is 4.90 Å². The maximum atomic E-state index is 12.9. The van der Waals surface area contributed by atoms with Crippen LogP contribution in [0, 0.1) is 13.8 Å². The number of aromatic nitrogens is 5. The van der Waals surface area contributed by atoms with E-state index in [0.717, 1.165) is 28.0 Å². The second-order valence-electron chi connectivity index (χ2n) is 5.90. The zero-order valence-electron chi connectivity index (χ0n) is 14.0. The average molecular weight is 312 g/mol. The highest BCUT2D eigenvalue weighted by Crippen LogP contribution is 2.23. The van der Waals surface area contributed by atoms with Crippen LogP contribution in [-0.4, -0.2) is 42.4 Å². The summed E-state index contributed by atoms with van der Waals surface area (Å²) in [6, 6.07) is 1.83. The Kier molecular flexibility index (Phi) is 3.63. The van der Waals surface area contributed by atoms with Gasteiger partial charge in [0.15, 0.2) is 5.65 Å². The number of fused-ring (bicyclic) bond motifs is 1. The van der Waals surface area contributed by atoms with Crippen LogP contribution in [0.15, 0.2) is 18.5 Å². The van der Waals surface area contributed by atoms with Crippen molar-refractivity contribution in [1.29, 1.82) is 0 Å². The fraction of sp³-hybridized carbons (Fsp3) is 0.375. The quantitative estimate of drug-likeness (QED) is 0.736. The van der Waals surface area contributed by atoms with E-state index in [0.29, 0.717) is 12.1 Å². The summed E-state index contributed by atoms with van der Waals surface area (Å²) in [7, 11) is 5.50. The van der Waals surface area contributed by atoms with Gasteiger partial charge in [0, 0.05) is 45.1 Å². The number of rotatable bonds is 3. The number of pyridine rings is 1. The highest BCUT2D eigenvalue weighted by molar-refractivity contribution is 6.06. The lowest BCUT2D eigenvalue weighted by molar-refractivity contribution is 0.0787. The van der Waals surface area contributed by atoms with Gasteiger partial charge >= 0.3 is 0 Å². The zero-order chi connectivity index (χ0) is 16.7. The fourth-order valence-electron chi connectivity index (χ4n) is 2.84. The molecule has 0 aliphatic carbocycles. The molecule has 3 heterocycles. The molecule has 0 bridgehead atoms. The van der Waals surface area contributed by atoms with Crippen LogP contribution >= 0.6 is 0 Å². The Labute approximate surface area is 134 Å².